The lowest BCUT2D eigenvalue weighted by Gasteiger charge is -2.59. The van der Waals surface area contributed by atoms with Crippen molar-refractivity contribution in [2.75, 3.05) is 13.1 Å². The smallest absolute Gasteiger partial charge is 0.416 e. The normalized spacial score (nSPS) is 29.6. The molecule has 4 unspecified atom stereocenters. The van der Waals surface area contributed by atoms with Crippen molar-refractivity contribution in [3.63, 3.8) is 0 Å². The number of fused-ring (bicyclic) bond motifs is 1. The van der Waals surface area contributed by atoms with Gasteiger partial charge in [0.05, 0.1) is 11.0 Å². The predicted molar refractivity (Wildman–Crippen MR) is 126 cm³/mol. The maximum absolute atomic E-state index is 14.3. The largest absolute Gasteiger partial charge is 0.481 e. The van der Waals surface area contributed by atoms with Crippen LogP contribution in [0.25, 0.3) is 0 Å². The van der Waals surface area contributed by atoms with Crippen molar-refractivity contribution in [2.45, 2.75) is 36.9 Å². The zero-order chi connectivity index (χ0) is 24.4. The number of aliphatic carboxylic acids is 1. The van der Waals surface area contributed by atoms with E-state index in [0.29, 0.717) is 32.5 Å². The highest BCUT2D eigenvalue weighted by Crippen LogP contribution is 2.69. The number of nitrogens with zero attached hydrogens (tertiary/aromatic N) is 1. The summed E-state index contributed by atoms with van der Waals surface area (Å²) < 4.78 is 43.0. The number of halogens is 3. The van der Waals surface area contributed by atoms with Gasteiger partial charge in [0.1, 0.15) is 0 Å². The van der Waals surface area contributed by atoms with Gasteiger partial charge in [-0.1, -0.05) is 72.8 Å². The van der Waals surface area contributed by atoms with E-state index >= 15 is 0 Å². The third-order valence-corrected chi connectivity index (χ3v) is 8.77. The molecular formula is C29H26F3NO2. The monoisotopic (exact) mass is 477 g/mol. The molecule has 6 heteroatoms. The average molecular weight is 478 g/mol. The van der Waals surface area contributed by atoms with Crippen LogP contribution >= 0.6 is 0 Å². The Hall–Kier alpha value is -3.12. The first-order valence-electron chi connectivity index (χ1n) is 12.0. The molecule has 180 valence electrons. The van der Waals surface area contributed by atoms with Crippen LogP contribution in [0.2, 0.25) is 0 Å². The van der Waals surface area contributed by atoms with Crippen LogP contribution in [0.5, 0.6) is 0 Å². The number of carboxylic acids is 1. The number of carbonyl (C=O) groups is 1. The zero-order valence-electron chi connectivity index (χ0n) is 19.1. The van der Waals surface area contributed by atoms with Crippen molar-refractivity contribution in [1.29, 1.82) is 0 Å². The molecule has 1 N–H and O–H groups in total. The van der Waals surface area contributed by atoms with Crippen molar-refractivity contribution >= 4 is 5.97 Å². The summed E-state index contributed by atoms with van der Waals surface area (Å²) in [4.78, 5) is 15.3. The molecule has 35 heavy (non-hydrogen) atoms. The summed E-state index contributed by atoms with van der Waals surface area (Å²) in [6.07, 6.45) is -3.45. The first-order valence-corrected chi connectivity index (χ1v) is 12.0. The molecule has 7 rings (SSSR count). The Kier molecular flexibility index (Phi) is 4.91. The molecule has 0 amide bonds. The third-order valence-electron chi connectivity index (χ3n) is 8.77. The van der Waals surface area contributed by atoms with Gasteiger partial charge < -0.3 is 5.11 Å². The van der Waals surface area contributed by atoms with Gasteiger partial charge in [-0.15, -0.1) is 0 Å². The first-order chi connectivity index (χ1) is 16.8. The van der Waals surface area contributed by atoms with Crippen molar-refractivity contribution in [2.24, 2.45) is 11.3 Å². The minimum absolute atomic E-state index is 0.218. The Morgan fingerprint density at radius 1 is 0.943 bits per heavy atom. The molecule has 1 aliphatic heterocycles. The minimum Gasteiger partial charge on any atom is -0.481 e. The standard InChI is InChI=1S/C29H26F3NO2/c30-29(31,32)24-13-7-6-12-23(24)27-15-14-22(20-10-4-5-11-21(20)27)28(26(34)35)18-33(17-25(27)28)16-19-8-2-1-3-9-19/h1-13,22,25H,14-18H2,(H,34,35). The van der Waals surface area contributed by atoms with Gasteiger partial charge in [0.15, 0.2) is 0 Å². The Morgan fingerprint density at radius 2 is 1.60 bits per heavy atom. The zero-order valence-corrected chi connectivity index (χ0v) is 19.1. The van der Waals surface area contributed by atoms with Crippen LogP contribution in [0.1, 0.15) is 46.6 Å². The van der Waals surface area contributed by atoms with Crippen LogP contribution in [0.4, 0.5) is 13.2 Å². The van der Waals surface area contributed by atoms with Gasteiger partial charge in [0, 0.05) is 36.9 Å². The average Bonchev–Trinajstić information content (AvgIpc) is 3.26. The van der Waals surface area contributed by atoms with Crippen LogP contribution in [-0.4, -0.2) is 29.1 Å². The van der Waals surface area contributed by atoms with Crippen molar-refractivity contribution in [3.05, 3.63) is 107 Å². The van der Waals surface area contributed by atoms with Gasteiger partial charge in [0.2, 0.25) is 0 Å². The Bertz CT molecular complexity index is 1290. The highest BCUT2D eigenvalue weighted by Gasteiger charge is 2.70. The van der Waals surface area contributed by atoms with Crippen LogP contribution in [0, 0.1) is 11.3 Å². The minimum atomic E-state index is -4.53. The second-order valence-corrected chi connectivity index (χ2v) is 10.2. The number of rotatable bonds is 4. The molecule has 1 saturated carbocycles. The summed E-state index contributed by atoms with van der Waals surface area (Å²) in [5.74, 6) is -1.58. The SMILES string of the molecule is O=C(O)C12CN(Cc3ccccc3)CC1C1(c3ccccc3C(F)(F)F)CCC2c2ccccc21. The van der Waals surface area contributed by atoms with E-state index < -0.39 is 34.5 Å². The van der Waals surface area contributed by atoms with Crippen molar-refractivity contribution < 1.29 is 23.1 Å². The van der Waals surface area contributed by atoms with Crippen molar-refractivity contribution in [1.82, 2.24) is 4.90 Å². The van der Waals surface area contributed by atoms with Crippen LogP contribution in [0.3, 0.4) is 0 Å². The molecule has 3 aromatic rings. The quantitative estimate of drug-likeness (QED) is 0.495. The molecule has 1 saturated heterocycles. The summed E-state index contributed by atoms with van der Waals surface area (Å²) in [7, 11) is 0. The van der Waals surface area contributed by atoms with E-state index in [2.05, 4.69) is 4.90 Å². The van der Waals surface area contributed by atoms with E-state index in [-0.39, 0.29) is 11.5 Å². The molecular weight excluding hydrogens is 451 g/mol. The summed E-state index contributed by atoms with van der Waals surface area (Å²) in [6, 6.07) is 23.3. The number of likely N-dealkylation sites (tertiary alicyclic amines) is 1. The molecule has 3 aliphatic carbocycles. The molecule has 2 fully saturated rings. The fourth-order valence-electron chi connectivity index (χ4n) is 7.60. The van der Waals surface area contributed by atoms with Gasteiger partial charge >= 0.3 is 12.1 Å². The van der Waals surface area contributed by atoms with Gasteiger partial charge in [-0.25, -0.2) is 0 Å². The molecule has 0 aromatic heterocycles. The lowest BCUT2D eigenvalue weighted by atomic mass is 9.42. The lowest BCUT2D eigenvalue weighted by molar-refractivity contribution is -0.158. The van der Waals surface area contributed by atoms with E-state index in [9.17, 15) is 23.1 Å². The van der Waals surface area contributed by atoms with Crippen LogP contribution < -0.4 is 0 Å². The van der Waals surface area contributed by atoms with E-state index in [0.717, 1.165) is 22.8 Å². The van der Waals surface area contributed by atoms with Gasteiger partial charge in [-0.2, -0.15) is 13.2 Å². The first kappa shape index (κ1) is 22.4. The van der Waals surface area contributed by atoms with E-state index in [1.54, 1.807) is 12.1 Å². The third kappa shape index (κ3) is 3.05. The summed E-state index contributed by atoms with van der Waals surface area (Å²) in [5.41, 5.74) is 0.251. The lowest BCUT2D eigenvalue weighted by Crippen LogP contribution is -2.60. The Morgan fingerprint density at radius 3 is 2.31 bits per heavy atom. The molecule has 4 atom stereocenters. The second kappa shape index (κ2) is 7.69. The Labute approximate surface area is 202 Å². The van der Waals surface area contributed by atoms with E-state index in [1.807, 2.05) is 54.6 Å². The topological polar surface area (TPSA) is 40.5 Å². The second-order valence-electron chi connectivity index (χ2n) is 10.2. The number of hydrogen-bond donors (Lipinski definition) is 1. The number of alkyl halides is 3. The van der Waals surface area contributed by atoms with Gasteiger partial charge in [-0.3, -0.25) is 9.69 Å². The maximum atomic E-state index is 14.3. The predicted octanol–water partition coefficient (Wildman–Crippen LogP) is 6.09. The summed E-state index contributed by atoms with van der Waals surface area (Å²) in [6.45, 7) is 1.35. The molecule has 1 heterocycles. The number of hydrogen-bond acceptors (Lipinski definition) is 2. The van der Waals surface area contributed by atoms with E-state index in [4.69, 9.17) is 0 Å². The molecule has 0 spiro atoms. The Balaban J connectivity index is 1.58. The van der Waals surface area contributed by atoms with Gasteiger partial charge in [0.25, 0.3) is 0 Å². The van der Waals surface area contributed by atoms with Gasteiger partial charge in [-0.05, 0) is 41.2 Å². The highest BCUT2D eigenvalue weighted by atomic mass is 19.4. The van der Waals surface area contributed by atoms with Crippen LogP contribution in [-0.2, 0) is 22.9 Å². The summed E-state index contributed by atoms with van der Waals surface area (Å²) >= 11 is 0. The number of carboxylic acid groups (broad SMARTS) is 1. The fourth-order valence-corrected chi connectivity index (χ4v) is 7.60. The summed E-state index contributed by atoms with van der Waals surface area (Å²) in [5, 5.41) is 10.8. The highest BCUT2D eigenvalue weighted by molar-refractivity contribution is 5.80. The molecule has 0 radical (unpaired) electrons. The maximum Gasteiger partial charge on any atom is 0.416 e. The van der Waals surface area contributed by atoms with Crippen LogP contribution in [0.15, 0.2) is 78.9 Å². The van der Waals surface area contributed by atoms with E-state index in [1.165, 1.54) is 6.07 Å². The molecule has 2 bridgehead atoms. The fraction of sp³-hybridized carbons (Fsp3) is 0.345. The van der Waals surface area contributed by atoms with Crippen molar-refractivity contribution in [3.8, 4) is 0 Å². The number of benzene rings is 3. The molecule has 3 nitrogen and oxygen atoms in total. The molecule has 3 aromatic carbocycles. The molecule has 4 aliphatic rings.